The molecule has 0 saturated carbocycles. The van der Waals surface area contributed by atoms with Gasteiger partial charge in [-0.15, -0.1) is 0 Å². The van der Waals surface area contributed by atoms with E-state index < -0.39 is 0 Å². The zero-order valence-electron chi connectivity index (χ0n) is 12.9. The van der Waals surface area contributed by atoms with Crippen LogP contribution in [0.15, 0.2) is 17.1 Å². The Labute approximate surface area is 127 Å². The van der Waals surface area contributed by atoms with E-state index >= 15 is 0 Å². The molecule has 21 heavy (non-hydrogen) atoms. The summed E-state index contributed by atoms with van der Waals surface area (Å²) in [5.41, 5.74) is 8.36. The second-order valence-electron chi connectivity index (χ2n) is 5.26. The van der Waals surface area contributed by atoms with E-state index in [4.69, 9.17) is 10.5 Å². The van der Waals surface area contributed by atoms with E-state index in [1.165, 1.54) is 12.0 Å². The number of nitrogens with one attached hydrogen (secondary N) is 1. The number of hydrogen-bond donors (Lipinski definition) is 2. The van der Waals surface area contributed by atoms with Gasteiger partial charge in [-0.1, -0.05) is 6.07 Å². The first kappa shape index (κ1) is 15.8. The maximum absolute atomic E-state index is 5.89. The minimum Gasteiger partial charge on any atom is -0.387 e. The molecule has 1 aromatic rings. The van der Waals surface area contributed by atoms with Crippen LogP contribution in [0.1, 0.15) is 37.4 Å². The van der Waals surface area contributed by atoms with Gasteiger partial charge in [0.05, 0.1) is 19.0 Å². The predicted molar refractivity (Wildman–Crippen MR) is 87.0 cm³/mol. The fourth-order valence-electron chi connectivity index (χ4n) is 2.44. The Morgan fingerprint density at radius 1 is 1.48 bits per heavy atom. The van der Waals surface area contributed by atoms with E-state index in [0.717, 1.165) is 50.3 Å². The van der Waals surface area contributed by atoms with E-state index in [2.05, 4.69) is 27.4 Å². The van der Waals surface area contributed by atoms with Gasteiger partial charge in [0.25, 0.3) is 0 Å². The Kier molecular flexibility index (Phi) is 6.47. The molecule has 0 aromatic carbocycles. The standard InChI is InChI=1S/C16H26N4O/c1-2-21-12-11-18-15(17)7-3-6-14-9-8-13-5-4-10-19-16(13)20-14/h8-9H,2-7,10-12H2,1H3,(H2,17,18)(H,19,20). The van der Waals surface area contributed by atoms with Gasteiger partial charge < -0.3 is 15.8 Å². The number of anilines is 1. The van der Waals surface area contributed by atoms with Crippen LogP contribution in [0.3, 0.4) is 0 Å². The molecule has 0 fully saturated rings. The van der Waals surface area contributed by atoms with Gasteiger partial charge in [-0.25, -0.2) is 4.98 Å². The van der Waals surface area contributed by atoms with Crippen LogP contribution in [0.2, 0.25) is 0 Å². The van der Waals surface area contributed by atoms with Crippen LogP contribution in [0.5, 0.6) is 0 Å². The van der Waals surface area contributed by atoms with Crippen LogP contribution in [0.4, 0.5) is 5.82 Å². The molecule has 1 aromatic heterocycles. The second kappa shape index (κ2) is 8.62. The fourth-order valence-corrected chi connectivity index (χ4v) is 2.44. The summed E-state index contributed by atoms with van der Waals surface area (Å²) in [5, 5.41) is 3.37. The van der Waals surface area contributed by atoms with Crippen molar-refractivity contribution in [3.8, 4) is 0 Å². The first-order chi connectivity index (χ1) is 10.3. The summed E-state index contributed by atoms with van der Waals surface area (Å²) in [6, 6.07) is 4.33. The normalized spacial score (nSPS) is 14.6. The maximum Gasteiger partial charge on any atom is 0.129 e. The van der Waals surface area contributed by atoms with Gasteiger partial charge in [0.2, 0.25) is 0 Å². The van der Waals surface area contributed by atoms with Crippen molar-refractivity contribution in [2.24, 2.45) is 10.7 Å². The number of ether oxygens (including phenoxy) is 1. The van der Waals surface area contributed by atoms with Crippen LogP contribution in [-0.2, 0) is 17.6 Å². The van der Waals surface area contributed by atoms with Gasteiger partial charge in [0.15, 0.2) is 0 Å². The van der Waals surface area contributed by atoms with E-state index in [0.29, 0.717) is 19.0 Å². The third-order valence-corrected chi connectivity index (χ3v) is 3.57. The molecule has 0 radical (unpaired) electrons. The smallest absolute Gasteiger partial charge is 0.129 e. The number of hydrogen-bond acceptors (Lipinski definition) is 4. The van der Waals surface area contributed by atoms with E-state index in [9.17, 15) is 0 Å². The molecule has 5 heteroatoms. The SMILES string of the molecule is CCOCCN=C(N)CCCc1ccc2c(n1)NCCC2. The molecule has 0 atom stereocenters. The fraction of sp³-hybridized carbons (Fsp3) is 0.625. The van der Waals surface area contributed by atoms with Crippen molar-refractivity contribution >= 4 is 11.7 Å². The molecule has 1 aliphatic rings. The molecule has 116 valence electrons. The zero-order chi connectivity index (χ0) is 14.9. The molecule has 0 spiro atoms. The summed E-state index contributed by atoms with van der Waals surface area (Å²) in [4.78, 5) is 8.98. The highest BCUT2D eigenvalue weighted by Gasteiger charge is 2.10. The molecule has 3 N–H and O–H groups in total. The highest BCUT2D eigenvalue weighted by atomic mass is 16.5. The summed E-state index contributed by atoms with van der Waals surface area (Å²) < 4.78 is 5.23. The summed E-state index contributed by atoms with van der Waals surface area (Å²) >= 11 is 0. The van der Waals surface area contributed by atoms with Crippen molar-refractivity contribution in [1.29, 1.82) is 0 Å². The molecule has 5 nitrogen and oxygen atoms in total. The Bertz CT molecular complexity index is 473. The van der Waals surface area contributed by atoms with Crippen LogP contribution < -0.4 is 11.1 Å². The number of nitrogens with two attached hydrogens (primary N) is 1. The second-order valence-corrected chi connectivity index (χ2v) is 5.26. The number of nitrogens with zero attached hydrogens (tertiary/aromatic N) is 2. The summed E-state index contributed by atoms with van der Waals surface area (Å²) in [7, 11) is 0. The molecule has 0 bridgehead atoms. The van der Waals surface area contributed by atoms with E-state index in [1.807, 2.05) is 6.92 Å². The third kappa shape index (κ3) is 5.34. The lowest BCUT2D eigenvalue weighted by molar-refractivity contribution is 0.156. The van der Waals surface area contributed by atoms with Crippen LogP contribution in [0.25, 0.3) is 0 Å². The molecule has 0 amide bonds. The Hall–Kier alpha value is -1.62. The van der Waals surface area contributed by atoms with E-state index in [-0.39, 0.29) is 0 Å². The van der Waals surface area contributed by atoms with Crippen LogP contribution in [0, 0.1) is 0 Å². The van der Waals surface area contributed by atoms with Gasteiger partial charge in [-0.05, 0) is 44.2 Å². The van der Waals surface area contributed by atoms with Crippen molar-refractivity contribution in [1.82, 2.24) is 4.98 Å². The molecule has 0 aliphatic carbocycles. The minimum atomic E-state index is 0.648. The Morgan fingerprint density at radius 2 is 2.38 bits per heavy atom. The molecular formula is C16H26N4O. The van der Waals surface area contributed by atoms with Crippen molar-refractivity contribution in [3.63, 3.8) is 0 Å². The third-order valence-electron chi connectivity index (χ3n) is 3.57. The molecular weight excluding hydrogens is 264 g/mol. The quantitative estimate of drug-likeness (QED) is 0.437. The molecule has 0 saturated heterocycles. The molecule has 2 heterocycles. The van der Waals surface area contributed by atoms with Crippen molar-refractivity contribution in [2.75, 3.05) is 31.6 Å². The first-order valence-electron chi connectivity index (χ1n) is 7.89. The Morgan fingerprint density at radius 3 is 3.24 bits per heavy atom. The minimum absolute atomic E-state index is 0.648. The number of rotatable bonds is 8. The zero-order valence-corrected chi connectivity index (χ0v) is 12.9. The lowest BCUT2D eigenvalue weighted by Gasteiger charge is -2.17. The number of pyridine rings is 1. The lowest BCUT2D eigenvalue weighted by Crippen LogP contribution is -2.15. The van der Waals surface area contributed by atoms with Crippen LogP contribution >= 0.6 is 0 Å². The monoisotopic (exact) mass is 290 g/mol. The van der Waals surface area contributed by atoms with Gasteiger partial charge in [-0.2, -0.15) is 0 Å². The topological polar surface area (TPSA) is 72.5 Å². The summed E-state index contributed by atoms with van der Waals surface area (Å²) in [6.45, 7) is 5.04. The lowest BCUT2D eigenvalue weighted by atomic mass is 10.1. The predicted octanol–water partition coefficient (Wildman–Crippen LogP) is 2.16. The molecule has 0 unspecified atom stereocenters. The molecule has 1 aliphatic heterocycles. The number of aromatic nitrogens is 1. The van der Waals surface area contributed by atoms with Gasteiger partial charge in [0.1, 0.15) is 5.82 Å². The summed E-state index contributed by atoms with van der Waals surface area (Å²) in [6.07, 6.45) is 5.07. The van der Waals surface area contributed by atoms with E-state index in [1.54, 1.807) is 0 Å². The summed E-state index contributed by atoms with van der Waals surface area (Å²) in [5.74, 6) is 1.78. The number of amidine groups is 1. The number of fused-ring (bicyclic) bond motifs is 1. The number of aryl methyl sites for hydroxylation is 2. The highest BCUT2D eigenvalue weighted by molar-refractivity contribution is 5.80. The maximum atomic E-state index is 5.89. The van der Waals surface area contributed by atoms with Gasteiger partial charge in [-0.3, -0.25) is 4.99 Å². The van der Waals surface area contributed by atoms with Crippen molar-refractivity contribution in [3.05, 3.63) is 23.4 Å². The average Bonchev–Trinajstić information content (AvgIpc) is 2.51. The Balaban J connectivity index is 1.73. The van der Waals surface area contributed by atoms with Crippen LogP contribution in [-0.4, -0.2) is 37.1 Å². The average molecular weight is 290 g/mol. The highest BCUT2D eigenvalue weighted by Crippen LogP contribution is 2.20. The van der Waals surface area contributed by atoms with Gasteiger partial charge >= 0.3 is 0 Å². The first-order valence-corrected chi connectivity index (χ1v) is 7.89. The largest absolute Gasteiger partial charge is 0.387 e. The van der Waals surface area contributed by atoms with Crippen molar-refractivity contribution in [2.45, 2.75) is 39.0 Å². The van der Waals surface area contributed by atoms with Crippen molar-refractivity contribution < 1.29 is 4.74 Å². The molecule has 2 rings (SSSR count). The number of aliphatic imine (C=N–C) groups is 1. The van der Waals surface area contributed by atoms with Gasteiger partial charge in [0, 0.05) is 25.3 Å².